The van der Waals surface area contributed by atoms with Crippen molar-refractivity contribution in [1.29, 1.82) is 0 Å². The van der Waals surface area contributed by atoms with E-state index >= 15 is 0 Å². The summed E-state index contributed by atoms with van der Waals surface area (Å²) >= 11 is 0. The van der Waals surface area contributed by atoms with Crippen LogP contribution in [0, 0.1) is 30.3 Å². The Hall–Kier alpha value is -6.19. The summed E-state index contributed by atoms with van der Waals surface area (Å²) in [6, 6.07) is 16.0. The normalized spacial score (nSPS) is 11.3. The van der Waals surface area contributed by atoms with Gasteiger partial charge in [0.15, 0.2) is 5.69 Å². The molecule has 42 heavy (non-hydrogen) atoms. The van der Waals surface area contributed by atoms with Gasteiger partial charge in [0.2, 0.25) is 11.8 Å². The van der Waals surface area contributed by atoms with Crippen LogP contribution in [0.15, 0.2) is 82.0 Å². The van der Waals surface area contributed by atoms with Crippen LogP contribution in [0.2, 0.25) is 0 Å². The highest BCUT2D eigenvalue weighted by atomic mass is 16.6. The molecule has 0 aliphatic carbocycles. The van der Waals surface area contributed by atoms with Gasteiger partial charge in [-0.3, -0.25) is 39.9 Å². The molecule has 4 aromatic rings. The number of hydrogen-bond donors (Lipinski definition) is 3. The Morgan fingerprint density at radius 3 is 2.10 bits per heavy atom. The van der Waals surface area contributed by atoms with Gasteiger partial charge in [0.1, 0.15) is 11.6 Å². The lowest BCUT2D eigenvalue weighted by atomic mass is 10.0. The molecule has 0 aliphatic rings. The number of carbonyl (C=O) groups excluding carboxylic acids is 2. The number of benzene rings is 3. The lowest BCUT2D eigenvalue weighted by Gasteiger charge is -2.19. The third-order valence-corrected chi connectivity index (χ3v) is 5.94. The molecule has 0 saturated carbocycles. The molecule has 3 N–H and O–H groups in total. The second-order valence-electron chi connectivity index (χ2n) is 8.79. The highest BCUT2D eigenvalue weighted by Gasteiger charge is 2.31. The fourth-order valence-electron chi connectivity index (χ4n) is 4.01. The lowest BCUT2D eigenvalue weighted by molar-refractivity contribution is -0.401. The molecule has 0 radical (unpaired) electrons. The van der Waals surface area contributed by atoms with E-state index in [1.807, 2.05) is 0 Å². The minimum absolute atomic E-state index is 0.0267. The van der Waals surface area contributed by atoms with E-state index in [1.165, 1.54) is 12.1 Å². The summed E-state index contributed by atoms with van der Waals surface area (Å²) in [5.41, 5.74) is -2.97. The maximum absolute atomic E-state index is 13.2. The van der Waals surface area contributed by atoms with Crippen molar-refractivity contribution in [2.75, 3.05) is 17.2 Å². The van der Waals surface area contributed by atoms with Crippen LogP contribution in [-0.4, -0.2) is 39.2 Å². The first-order chi connectivity index (χ1) is 20.0. The zero-order chi connectivity index (χ0) is 30.4. The molecule has 4 rings (SSSR count). The number of rotatable bonds is 11. The molecule has 3 aromatic carbocycles. The Kier molecular flexibility index (Phi) is 8.46. The van der Waals surface area contributed by atoms with Crippen molar-refractivity contribution in [2.24, 2.45) is 0 Å². The molecule has 0 aliphatic heterocycles. The molecule has 16 heteroatoms. The van der Waals surface area contributed by atoms with E-state index in [9.17, 15) is 44.7 Å². The van der Waals surface area contributed by atoms with E-state index in [1.54, 1.807) is 48.5 Å². The van der Waals surface area contributed by atoms with Gasteiger partial charge in [-0.15, -0.1) is 0 Å². The van der Waals surface area contributed by atoms with Gasteiger partial charge >= 0.3 is 17.0 Å². The number of nitrogens with zero attached hydrogens (tertiary/aromatic N) is 3. The molecule has 2 amide bonds. The predicted octanol–water partition coefficient (Wildman–Crippen LogP) is 3.30. The van der Waals surface area contributed by atoms with Gasteiger partial charge in [-0.1, -0.05) is 30.3 Å². The van der Waals surface area contributed by atoms with Gasteiger partial charge in [0, 0.05) is 29.6 Å². The number of fused-ring (bicyclic) bond motifs is 1. The minimum atomic E-state index is -1.18. The van der Waals surface area contributed by atoms with Crippen molar-refractivity contribution in [2.45, 2.75) is 12.5 Å². The molecule has 1 aromatic heterocycles. The van der Waals surface area contributed by atoms with Crippen LogP contribution in [0.4, 0.5) is 28.4 Å². The Morgan fingerprint density at radius 1 is 0.833 bits per heavy atom. The average molecular weight is 576 g/mol. The summed E-state index contributed by atoms with van der Waals surface area (Å²) in [7, 11) is 0. The Bertz CT molecular complexity index is 1740. The summed E-state index contributed by atoms with van der Waals surface area (Å²) in [5, 5.41) is 42.1. The van der Waals surface area contributed by atoms with Crippen molar-refractivity contribution >= 4 is 51.2 Å². The van der Waals surface area contributed by atoms with Gasteiger partial charge in [-0.2, -0.15) is 0 Å². The van der Waals surface area contributed by atoms with Gasteiger partial charge < -0.3 is 20.4 Å². The van der Waals surface area contributed by atoms with Gasteiger partial charge in [0.25, 0.3) is 5.69 Å². The number of nitro groups is 3. The number of amides is 2. The van der Waals surface area contributed by atoms with Crippen LogP contribution >= 0.6 is 0 Å². The Balaban J connectivity index is 1.55. The number of non-ortho nitro benzene ring substituents is 1. The molecule has 0 unspecified atom stereocenters. The minimum Gasteiger partial charge on any atom is -0.423 e. The SMILES string of the molecule is O=C(CNc1c([N+](=O)[O-])cc([N+](=O)[O-])cc1[N+](=O)[O-])N[C@@H](Cc1ccccc1)C(=O)Nc1ccc2ccc(=O)oc2c1. The first-order valence-electron chi connectivity index (χ1n) is 12.0. The average Bonchev–Trinajstić information content (AvgIpc) is 2.95. The summed E-state index contributed by atoms with van der Waals surface area (Å²) in [6.07, 6.45) is 0.0267. The van der Waals surface area contributed by atoms with Crippen LogP contribution < -0.4 is 21.6 Å². The third-order valence-electron chi connectivity index (χ3n) is 5.94. The van der Waals surface area contributed by atoms with Crippen LogP contribution in [0.25, 0.3) is 11.0 Å². The summed E-state index contributed by atoms with van der Waals surface area (Å²) in [4.78, 5) is 68.6. The van der Waals surface area contributed by atoms with Crippen LogP contribution in [0.1, 0.15) is 5.56 Å². The molecule has 0 saturated heterocycles. The number of anilines is 2. The van der Waals surface area contributed by atoms with Crippen molar-refractivity contribution in [3.05, 3.63) is 119 Å². The first kappa shape index (κ1) is 28.8. The Morgan fingerprint density at radius 2 is 1.48 bits per heavy atom. The van der Waals surface area contributed by atoms with E-state index in [2.05, 4.69) is 16.0 Å². The molecule has 0 fully saturated rings. The molecule has 1 atom stereocenters. The third kappa shape index (κ3) is 6.87. The highest BCUT2D eigenvalue weighted by Crippen LogP contribution is 2.38. The van der Waals surface area contributed by atoms with E-state index in [-0.39, 0.29) is 17.7 Å². The smallest absolute Gasteiger partial charge is 0.336 e. The predicted molar refractivity (Wildman–Crippen MR) is 148 cm³/mol. The fraction of sp³-hybridized carbons (Fsp3) is 0.115. The molecular weight excluding hydrogens is 556 g/mol. The largest absolute Gasteiger partial charge is 0.423 e. The highest BCUT2D eigenvalue weighted by molar-refractivity contribution is 5.99. The molecule has 214 valence electrons. The van der Waals surface area contributed by atoms with Crippen molar-refractivity contribution < 1.29 is 28.8 Å². The topological polar surface area (TPSA) is 230 Å². The first-order valence-corrected chi connectivity index (χ1v) is 12.0. The van der Waals surface area contributed by atoms with Crippen molar-refractivity contribution in [1.82, 2.24) is 5.32 Å². The maximum Gasteiger partial charge on any atom is 0.336 e. The molecule has 16 nitrogen and oxygen atoms in total. The molecule has 0 bridgehead atoms. The quantitative estimate of drug-likeness (QED) is 0.133. The van der Waals surface area contributed by atoms with Gasteiger partial charge in [-0.05, 0) is 23.8 Å². The summed E-state index contributed by atoms with van der Waals surface area (Å²) in [5.74, 6) is -1.52. The second-order valence-corrected chi connectivity index (χ2v) is 8.79. The molecule has 1 heterocycles. The monoisotopic (exact) mass is 576 g/mol. The van der Waals surface area contributed by atoms with Gasteiger partial charge in [-0.25, -0.2) is 4.79 Å². The van der Waals surface area contributed by atoms with Gasteiger partial charge in [0.05, 0.1) is 33.4 Å². The maximum atomic E-state index is 13.2. The standard InChI is InChI=1S/C26H20N6O10/c33-23(14-27-25-20(31(38)39)12-18(30(36)37)13-21(25)32(40)41)29-19(10-15-4-2-1-3-5-15)26(35)28-17-8-6-16-7-9-24(34)42-22(16)11-17/h1-9,11-13,19,27H,10,14H2,(H,28,35)(H,29,33)/t19-/m0/s1. The zero-order valence-electron chi connectivity index (χ0n) is 21.3. The zero-order valence-corrected chi connectivity index (χ0v) is 21.3. The molecular formula is C26H20N6O10. The summed E-state index contributed by atoms with van der Waals surface area (Å²) < 4.78 is 5.13. The number of hydrogen-bond acceptors (Lipinski definition) is 11. The van der Waals surface area contributed by atoms with Crippen LogP contribution in [0.3, 0.4) is 0 Å². The second kappa shape index (κ2) is 12.3. The van der Waals surface area contributed by atoms with Crippen LogP contribution in [-0.2, 0) is 16.0 Å². The van der Waals surface area contributed by atoms with Crippen molar-refractivity contribution in [3.8, 4) is 0 Å². The lowest BCUT2D eigenvalue weighted by Crippen LogP contribution is -2.47. The summed E-state index contributed by atoms with van der Waals surface area (Å²) in [6.45, 7) is -0.751. The van der Waals surface area contributed by atoms with Crippen molar-refractivity contribution in [3.63, 3.8) is 0 Å². The Labute approximate surface area is 234 Å². The van der Waals surface area contributed by atoms with E-state index in [4.69, 9.17) is 4.42 Å². The van der Waals surface area contributed by atoms with E-state index < -0.39 is 67.5 Å². The van der Waals surface area contributed by atoms with E-state index in [0.29, 0.717) is 23.1 Å². The molecule has 0 spiro atoms. The van der Waals surface area contributed by atoms with E-state index in [0.717, 1.165) is 0 Å². The number of nitro benzene ring substituents is 3. The number of carbonyl (C=O) groups is 2. The van der Waals surface area contributed by atoms with Crippen LogP contribution in [0.5, 0.6) is 0 Å². The fourth-order valence-corrected chi connectivity index (χ4v) is 4.01. The number of nitrogens with one attached hydrogen (secondary N) is 3.